The molecule has 3 rings (SSSR count). The zero-order chi connectivity index (χ0) is 21.9. The molecule has 1 aliphatic heterocycles. The highest BCUT2D eigenvalue weighted by Crippen LogP contribution is 2.43. The number of carboxylic acids is 1. The molecule has 0 aliphatic carbocycles. The van der Waals surface area contributed by atoms with Crippen molar-refractivity contribution in [1.82, 2.24) is 4.90 Å². The van der Waals surface area contributed by atoms with E-state index in [4.69, 9.17) is 16.3 Å². The van der Waals surface area contributed by atoms with E-state index in [0.29, 0.717) is 30.9 Å². The van der Waals surface area contributed by atoms with Crippen LogP contribution in [0.2, 0.25) is 5.02 Å². The number of carbonyl (C=O) groups is 1. The predicted molar refractivity (Wildman–Crippen MR) is 108 cm³/mol. The molecule has 1 aliphatic rings. The van der Waals surface area contributed by atoms with Gasteiger partial charge in [0.2, 0.25) is 0 Å². The molecule has 2 unspecified atom stereocenters. The molecular weight excluding hydrogens is 419 g/mol. The number of halogens is 4. The van der Waals surface area contributed by atoms with Crippen LogP contribution in [0.1, 0.15) is 48.9 Å². The summed E-state index contributed by atoms with van der Waals surface area (Å²) >= 11 is 6.38. The van der Waals surface area contributed by atoms with Crippen LogP contribution in [0.5, 0.6) is 5.75 Å². The zero-order valence-electron chi connectivity index (χ0n) is 16.5. The first-order chi connectivity index (χ1) is 14.2. The number of alkyl halides is 3. The number of ether oxygens (including phenoxy) is 1. The molecule has 0 radical (unpaired) electrons. The van der Waals surface area contributed by atoms with E-state index in [1.54, 1.807) is 29.2 Å². The number of hydrogen-bond acceptors (Lipinski definition) is 3. The number of likely N-dealkylation sites (tertiary alicyclic amines) is 1. The molecule has 2 aromatic carbocycles. The second-order valence-electron chi connectivity index (χ2n) is 7.20. The van der Waals surface area contributed by atoms with Gasteiger partial charge in [0, 0.05) is 10.6 Å². The van der Waals surface area contributed by atoms with Crippen LogP contribution in [0.4, 0.5) is 13.2 Å². The summed E-state index contributed by atoms with van der Waals surface area (Å²) in [6.45, 7) is 2.60. The van der Waals surface area contributed by atoms with Crippen LogP contribution in [-0.4, -0.2) is 35.2 Å². The fourth-order valence-electron chi connectivity index (χ4n) is 3.98. The average molecular weight is 442 g/mol. The number of carboxylic acid groups (broad SMARTS) is 1. The van der Waals surface area contributed by atoms with Gasteiger partial charge in [0.15, 0.2) is 0 Å². The van der Waals surface area contributed by atoms with Gasteiger partial charge < -0.3 is 9.84 Å². The first kappa shape index (κ1) is 22.4. The fraction of sp³-hybridized carbons (Fsp3) is 0.409. The molecule has 0 bridgehead atoms. The lowest BCUT2D eigenvalue weighted by Crippen LogP contribution is -2.47. The second-order valence-corrected chi connectivity index (χ2v) is 7.60. The first-order valence-electron chi connectivity index (χ1n) is 9.81. The third-order valence-electron chi connectivity index (χ3n) is 5.29. The molecular formula is C22H23ClF3NO3. The standard InChI is InChI=1S/C22H23ClF3NO3/c1-2-30-19-9-4-3-7-15(19)20(27-12-6-5-8-18(27)21(28)29)16-13-14(22(24,25)26)10-11-17(16)23/h3-4,7,9-11,13,18,20H,2,5-6,8,12H2,1H3,(H,28,29). The van der Waals surface area contributed by atoms with Crippen molar-refractivity contribution in [3.8, 4) is 5.75 Å². The van der Waals surface area contributed by atoms with Gasteiger partial charge in [0.05, 0.1) is 18.2 Å². The second kappa shape index (κ2) is 9.27. The maximum atomic E-state index is 13.4. The predicted octanol–water partition coefficient (Wildman–Crippen LogP) is 5.79. The van der Waals surface area contributed by atoms with E-state index >= 15 is 0 Å². The Labute approximate surface area is 178 Å². The number of para-hydroxylation sites is 1. The molecule has 1 heterocycles. The molecule has 4 nitrogen and oxygen atoms in total. The Morgan fingerprint density at radius 3 is 2.63 bits per heavy atom. The van der Waals surface area contributed by atoms with Gasteiger partial charge >= 0.3 is 12.1 Å². The monoisotopic (exact) mass is 441 g/mol. The van der Waals surface area contributed by atoms with Gasteiger partial charge in [-0.15, -0.1) is 0 Å². The number of rotatable bonds is 6. The minimum atomic E-state index is -4.54. The van der Waals surface area contributed by atoms with Crippen LogP contribution >= 0.6 is 11.6 Å². The summed E-state index contributed by atoms with van der Waals surface area (Å²) in [6.07, 6.45) is -2.64. The summed E-state index contributed by atoms with van der Waals surface area (Å²) in [5.41, 5.74) is -0.0230. The van der Waals surface area contributed by atoms with Crippen LogP contribution in [0, 0.1) is 0 Å². The van der Waals surface area contributed by atoms with E-state index in [-0.39, 0.29) is 10.6 Å². The fourth-order valence-corrected chi connectivity index (χ4v) is 4.20. The lowest BCUT2D eigenvalue weighted by atomic mass is 9.90. The van der Waals surface area contributed by atoms with Crippen molar-refractivity contribution in [1.29, 1.82) is 0 Å². The SMILES string of the molecule is CCOc1ccccc1C(c1cc(C(F)(F)F)ccc1Cl)N1CCCCC1C(=O)O. The van der Waals surface area contributed by atoms with Gasteiger partial charge in [-0.05, 0) is 56.1 Å². The number of nitrogens with zero attached hydrogens (tertiary/aromatic N) is 1. The van der Waals surface area contributed by atoms with Crippen LogP contribution in [0.3, 0.4) is 0 Å². The van der Waals surface area contributed by atoms with Gasteiger partial charge in [-0.1, -0.05) is 36.2 Å². The van der Waals surface area contributed by atoms with Crippen molar-refractivity contribution in [3.05, 3.63) is 64.2 Å². The highest BCUT2D eigenvalue weighted by Gasteiger charge is 2.38. The Bertz CT molecular complexity index is 903. The number of benzene rings is 2. The minimum Gasteiger partial charge on any atom is -0.494 e. The lowest BCUT2D eigenvalue weighted by molar-refractivity contribution is -0.145. The van der Waals surface area contributed by atoms with Crippen molar-refractivity contribution in [2.45, 2.75) is 44.4 Å². The molecule has 2 aromatic rings. The smallest absolute Gasteiger partial charge is 0.416 e. The van der Waals surface area contributed by atoms with E-state index in [9.17, 15) is 23.1 Å². The van der Waals surface area contributed by atoms with Crippen LogP contribution in [0.15, 0.2) is 42.5 Å². The topological polar surface area (TPSA) is 49.8 Å². The molecule has 1 N–H and O–H groups in total. The molecule has 1 fully saturated rings. The van der Waals surface area contributed by atoms with E-state index in [2.05, 4.69) is 0 Å². The van der Waals surface area contributed by atoms with Crippen molar-refractivity contribution in [2.24, 2.45) is 0 Å². The van der Waals surface area contributed by atoms with Crippen molar-refractivity contribution >= 4 is 17.6 Å². The zero-order valence-corrected chi connectivity index (χ0v) is 17.2. The first-order valence-corrected chi connectivity index (χ1v) is 10.2. The van der Waals surface area contributed by atoms with Gasteiger partial charge in [-0.2, -0.15) is 13.2 Å². The van der Waals surface area contributed by atoms with E-state index in [1.165, 1.54) is 6.07 Å². The summed E-state index contributed by atoms with van der Waals surface area (Å²) in [4.78, 5) is 13.7. The Morgan fingerprint density at radius 2 is 1.97 bits per heavy atom. The van der Waals surface area contributed by atoms with Crippen LogP contribution in [0.25, 0.3) is 0 Å². The molecule has 2 atom stereocenters. The van der Waals surface area contributed by atoms with E-state index in [1.807, 2.05) is 6.92 Å². The summed E-state index contributed by atoms with van der Waals surface area (Å²) in [5, 5.41) is 9.94. The van der Waals surface area contributed by atoms with E-state index < -0.39 is 29.8 Å². The molecule has 0 aromatic heterocycles. The molecule has 0 spiro atoms. The molecule has 162 valence electrons. The lowest BCUT2D eigenvalue weighted by Gasteiger charge is -2.40. The Kier molecular flexibility index (Phi) is 6.93. The number of aliphatic carboxylic acids is 1. The Hall–Kier alpha value is -2.25. The quantitative estimate of drug-likeness (QED) is 0.616. The summed E-state index contributed by atoms with van der Waals surface area (Å²) in [7, 11) is 0. The Balaban J connectivity index is 2.22. The molecule has 30 heavy (non-hydrogen) atoms. The van der Waals surface area contributed by atoms with Crippen LogP contribution in [-0.2, 0) is 11.0 Å². The van der Waals surface area contributed by atoms with Crippen molar-refractivity contribution in [2.75, 3.05) is 13.2 Å². The maximum Gasteiger partial charge on any atom is 0.416 e. The van der Waals surface area contributed by atoms with Crippen molar-refractivity contribution in [3.63, 3.8) is 0 Å². The third-order valence-corrected chi connectivity index (χ3v) is 5.64. The van der Waals surface area contributed by atoms with Gasteiger partial charge in [-0.25, -0.2) is 0 Å². The molecule has 0 saturated carbocycles. The number of piperidine rings is 1. The average Bonchev–Trinajstić information content (AvgIpc) is 2.70. The normalized spacial score (nSPS) is 18.8. The van der Waals surface area contributed by atoms with Crippen LogP contribution < -0.4 is 4.74 Å². The third kappa shape index (κ3) is 4.73. The van der Waals surface area contributed by atoms with Gasteiger partial charge in [-0.3, -0.25) is 9.69 Å². The highest BCUT2D eigenvalue weighted by molar-refractivity contribution is 6.31. The summed E-state index contributed by atoms with van der Waals surface area (Å²) < 4.78 is 46.0. The minimum absolute atomic E-state index is 0.147. The Morgan fingerprint density at radius 1 is 1.23 bits per heavy atom. The molecule has 1 saturated heterocycles. The van der Waals surface area contributed by atoms with Crippen molar-refractivity contribution < 1.29 is 27.8 Å². The van der Waals surface area contributed by atoms with E-state index in [0.717, 1.165) is 25.0 Å². The maximum absolute atomic E-state index is 13.4. The number of hydrogen-bond donors (Lipinski definition) is 1. The summed E-state index contributed by atoms with van der Waals surface area (Å²) in [6, 6.07) is 8.55. The van der Waals surface area contributed by atoms with Gasteiger partial charge in [0.25, 0.3) is 0 Å². The van der Waals surface area contributed by atoms with Gasteiger partial charge in [0.1, 0.15) is 11.8 Å². The molecule has 8 heteroatoms. The summed E-state index contributed by atoms with van der Waals surface area (Å²) in [5.74, 6) is -0.509. The molecule has 0 amide bonds. The largest absolute Gasteiger partial charge is 0.494 e. The highest BCUT2D eigenvalue weighted by atomic mass is 35.5.